The molecule has 18 heavy (non-hydrogen) atoms. The minimum Gasteiger partial charge on any atom is -0.368 e. The van der Waals surface area contributed by atoms with Crippen molar-refractivity contribution >= 4 is 17.7 Å². The van der Waals surface area contributed by atoms with Crippen molar-refractivity contribution in [1.82, 2.24) is 10.6 Å². The van der Waals surface area contributed by atoms with Crippen molar-refractivity contribution in [1.29, 1.82) is 0 Å². The zero-order valence-electron chi connectivity index (χ0n) is 11.7. The molecule has 6 heteroatoms. The average Bonchev–Trinajstić information content (AvgIpc) is 2.70. The summed E-state index contributed by atoms with van der Waals surface area (Å²) in [4.78, 5) is 30.6. The van der Waals surface area contributed by atoms with Crippen LogP contribution < -0.4 is 16.4 Å². The maximum Gasteiger partial charge on any atom is 0.239 e. The summed E-state index contributed by atoms with van der Waals surface area (Å²) < 4.78 is 0. The molecule has 1 aliphatic rings. The fourth-order valence-corrected chi connectivity index (χ4v) is 0.941. The summed E-state index contributed by atoms with van der Waals surface area (Å²) >= 11 is 0. The lowest BCUT2D eigenvalue weighted by atomic mass is 10.3. The quantitative estimate of drug-likeness (QED) is 0.665. The van der Waals surface area contributed by atoms with Gasteiger partial charge in [-0.25, -0.2) is 0 Å². The summed E-state index contributed by atoms with van der Waals surface area (Å²) in [5, 5.41) is 5.01. The van der Waals surface area contributed by atoms with E-state index in [-0.39, 0.29) is 11.8 Å². The number of carbonyl (C=O) groups excluding carboxylic acids is 3. The van der Waals surface area contributed by atoms with Gasteiger partial charge in [0.25, 0.3) is 0 Å². The molecule has 1 saturated heterocycles. The van der Waals surface area contributed by atoms with Crippen LogP contribution in [0.5, 0.6) is 0 Å². The predicted octanol–water partition coefficient (Wildman–Crippen LogP) is 0.309. The highest BCUT2D eigenvalue weighted by Crippen LogP contribution is 1.93. The van der Waals surface area contributed by atoms with Gasteiger partial charge in [-0.05, 0) is 13.3 Å². The Bertz CT molecular complexity index is 259. The van der Waals surface area contributed by atoms with Gasteiger partial charge in [-0.2, -0.15) is 0 Å². The molecule has 1 atom stereocenters. The van der Waals surface area contributed by atoms with E-state index in [9.17, 15) is 14.4 Å². The van der Waals surface area contributed by atoms with Crippen LogP contribution >= 0.6 is 0 Å². The molecule has 0 bridgehead atoms. The first-order chi connectivity index (χ1) is 8.34. The first-order valence-electron chi connectivity index (χ1n) is 6.18. The normalized spacial score (nSPS) is 14.1. The maximum absolute atomic E-state index is 10.2. The van der Waals surface area contributed by atoms with Crippen molar-refractivity contribution in [2.24, 2.45) is 5.73 Å². The van der Waals surface area contributed by atoms with Gasteiger partial charge in [-0.15, -0.1) is 0 Å². The van der Waals surface area contributed by atoms with Crippen molar-refractivity contribution in [2.45, 2.75) is 53.0 Å². The van der Waals surface area contributed by atoms with Gasteiger partial charge in [0.1, 0.15) is 6.04 Å². The highest BCUT2D eigenvalue weighted by Gasteiger charge is 2.07. The summed E-state index contributed by atoms with van der Waals surface area (Å²) in [5.74, 6) is -0.568. The van der Waals surface area contributed by atoms with E-state index in [4.69, 9.17) is 5.73 Å². The monoisotopic (exact) mass is 259 g/mol. The van der Waals surface area contributed by atoms with Gasteiger partial charge in [0.2, 0.25) is 17.7 Å². The van der Waals surface area contributed by atoms with Gasteiger partial charge >= 0.3 is 0 Å². The third-order valence-electron chi connectivity index (χ3n) is 1.75. The molecule has 0 unspecified atom stereocenters. The molecule has 0 saturated carbocycles. The number of primary amides is 1. The van der Waals surface area contributed by atoms with Crippen LogP contribution in [-0.2, 0) is 14.4 Å². The van der Waals surface area contributed by atoms with Crippen LogP contribution in [0.25, 0.3) is 0 Å². The van der Waals surface area contributed by atoms with Gasteiger partial charge in [0, 0.05) is 19.9 Å². The van der Waals surface area contributed by atoms with Crippen LogP contribution in [0.3, 0.4) is 0 Å². The molecule has 0 aromatic rings. The zero-order chi connectivity index (χ0) is 14.6. The minimum absolute atomic E-state index is 0.204. The van der Waals surface area contributed by atoms with E-state index in [1.807, 2.05) is 0 Å². The fourth-order valence-electron chi connectivity index (χ4n) is 0.941. The first-order valence-corrected chi connectivity index (χ1v) is 6.18. The minimum atomic E-state index is -0.567. The Labute approximate surface area is 109 Å². The van der Waals surface area contributed by atoms with E-state index in [0.29, 0.717) is 0 Å². The molecular weight excluding hydrogens is 234 g/mol. The van der Waals surface area contributed by atoms with Crippen LogP contribution in [0.2, 0.25) is 0 Å². The lowest BCUT2D eigenvalue weighted by molar-refractivity contribution is -0.125. The van der Waals surface area contributed by atoms with Crippen molar-refractivity contribution in [2.75, 3.05) is 6.54 Å². The molecule has 4 N–H and O–H groups in total. The van der Waals surface area contributed by atoms with Crippen LogP contribution in [0.4, 0.5) is 0 Å². The van der Waals surface area contributed by atoms with Crippen LogP contribution in [-0.4, -0.2) is 30.3 Å². The standard InChI is InChI=1S/C5H10N2O2.C4H7NO.C3H8/c1-3(5(6)9)7-4(2)8;6-4-2-1-3-5-4;1-3-2/h3H,1-2H3,(H2,6,9)(H,7,8);1-3H2,(H,5,6);3H2,1-2H3/t3-;;/m0../s1. The van der Waals surface area contributed by atoms with E-state index in [0.717, 1.165) is 19.4 Å². The summed E-state index contributed by atoms with van der Waals surface area (Å²) in [6.07, 6.45) is 3.01. The number of amides is 3. The molecule has 0 aliphatic carbocycles. The van der Waals surface area contributed by atoms with Gasteiger partial charge in [-0.1, -0.05) is 20.3 Å². The summed E-state index contributed by atoms with van der Waals surface area (Å²) in [7, 11) is 0. The van der Waals surface area contributed by atoms with Crippen LogP contribution in [0.15, 0.2) is 0 Å². The van der Waals surface area contributed by atoms with Gasteiger partial charge < -0.3 is 16.4 Å². The van der Waals surface area contributed by atoms with E-state index in [1.54, 1.807) is 0 Å². The second-order valence-electron chi connectivity index (χ2n) is 3.99. The first kappa shape index (κ1) is 18.8. The van der Waals surface area contributed by atoms with Gasteiger partial charge in [0.05, 0.1) is 0 Å². The SMILES string of the molecule is CC(=O)N[C@@H](C)C(N)=O.CCC.O=C1CCCN1. The molecule has 1 heterocycles. The molecule has 3 amide bonds. The third kappa shape index (κ3) is 14.4. The topological polar surface area (TPSA) is 101 Å². The fraction of sp³-hybridized carbons (Fsp3) is 0.750. The molecule has 1 rings (SSSR count). The number of carbonyl (C=O) groups is 3. The Balaban J connectivity index is 0. The number of nitrogens with one attached hydrogen (secondary N) is 2. The molecule has 106 valence electrons. The predicted molar refractivity (Wildman–Crippen MR) is 70.7 cm³/mol. The molecule has 0 aromatic heterocycles. The third-order valence-corrected chi connectivity index (χ3v) is 1.75. The summed E-state index contributed by atoms with van der Waals surface area (Å²) in [5.41, 5.74) is 4.83. The Hall–Kier alpha value is -1.59. The van der Waals surface area contributed by atoms with E-state index < -0.39 is 11.9 Å². The number of nitrogens with two attached hydrogens (primary N) is 1. The number of rotatable bonds is 2. The molecule has 1 fully saturated rings. The Morgan fingerprint density at radius 3 is 2.06 bits per heavy atom. The van der Waals surface area contributed by atoms with E-state index in [1.165, 1.54) is 20.3 Å². The molecule has 6 nitrogen and oxygen atoms in total. The van der Waals surface area contributed by atoms with E-state index in [2.05, 4.69) is 24.5 Å². The molecule has 0 spiro atoms. The van der Waals surface area contributed by atoms with Crippen LogP contribution in [0.1, 0.15) is 47.0 Å². The lowest BCUT2D eigenvalue weighted by Gasteiger charge is -2.05. The second-order valence-corrected chi connectivity index (χ2v) is 3.99. The van der Waals surface area contributed by atoms with Crippen molar-refractivity contribution < 1.29 is 14.4 Å². The van der Waals surface area contributed by atoms with Gasteiger partial charge in [0.15, 0.2) is 0 Å². The zero-order valence-corrected chi connectivity index (χ0v) is 11.7. The molecule has 0 aromatic carbocycles. The Kier molecular flexibility index (Phi) is 12.4. The lowest BCUT2D eigenvalue weighted by Crippen LogP contribution is -2.41. The molecular formula is C12H25N3O3. The Morgan fingerprint density at radius 2 is 1.94 bits per heavy atom. The second kappa shape index (κ2) is 11.9. The van der Waals surface area contributed by atoms with Crippen molar-refractivity contribution in [3.63, 3.8) is 0 Å². The highest BCUT2D eigenvalue weighted by molar-refractivity contribution is 5.85. The molecule has 1 aliphatic heterocycles. The molecule has 0 radical (unpaired) electrons. The maximum atomic E-state index is 10.2. The Morgan fingerprint density at radius 1 is 1.44 bits per heavy atom. The van der Waals surface area contributed by atoms with Crippen molar-refractivity contribution in [3.8, 4) is 0 Å². The van der Waals surface area contributed by atoms with Crippen LogP contribution in [0, 0.1) is 0 Å². The number of hydrogen-bond donors (Lipinski definition) is 3. The van der Waals surface area contributed by atoms with E-state index >= 15 is 0 Å². The largest absolute Gasteiger partial charge is 0.368 e. The highest BCUT2D eigenvalue weighted by atomic mass is 16.2. The summed E-state index contributed by atoms with van der Waals surface area (Å²) in [6, 6.07) is -0.567. The summed E-state index contributed by atoms with van der Waals surface area (Å²) in [6.45, 7) is 8.00. The van der Waals surface area contributed by atoms with Gasteiger partial charge in [-0.3, -0.25) is 14.4 Å². The smallest absolute Gasteiger partial charge is 0.239 e. The number of hydrogen-bond acceptors (Lipinski definition) is 3. The van der Waals surface area contributed by atoms with Crippen molar-refractivity contribution in [3.05, 3.63) is 0 Å². The average molecular weight is 259 g/mol.